The Balaban J connectivity index is 1.91. The zero-order valence-electron chi connectivity index (χ0n) is 12.4. The molecule has 0 aromatic heterocycles. The molecule has 2 aromatic carbocycles. The smallest absolute Gasteiger partial charge is 0.130 e. The van der Waals surface area contributed by atoms with E-state index in [1.165, 1.54) is 11.1 Å². The number of rotatable bonds is 2. The van der Waals surface area contributed by atoms with E-state index >= 15 is 0 Å². The van der Waals surface area contributed by atoms with Crippen molar-refractivity contribution in [1.82, 2.24) is 0 Å². The van der Waals surface area contributed by atoms with E-state index in [9.17, 15) is 4.39 Å². The van der Waals surface area contributed by atoms with Gasteiger partial charge in [-0.05, 0) is 36.1 Å². The summed E-state index contributed by atoms with van der Waals surface area (Å²) in [7, 11) is 0. The number of aryl methyl sites for hydroxylation is 2. The molecule has 0 aliphatic heterocycles. The standard InChI is InChI=1S/C20H19F/c1-14-3-7-16(8-4-14)18-11-12-19(20(21)13-18)17-9-5-15(2)6-10-17/h3-12,20H,13H2,1-2H3. The molecule has 0 heterocycles. The van der Waals surface area contributed by atoms with E-state index in [1.54, 1.807) is 0 Å². The predicted molar refractivity (Wildman–Crippen MR) is 87.8 cm³/mol. The van der Waals surface area contributed by atoms with Crippen LogP contribution in [0, 0.1) is 13.8 Å². The lowest BCUT2D eigenvalue weighted by Crippen LogP contribution is -2.08. The van der Waals surface area contributed by atoms with Crippen LogP contribution >= 0.6 is 0 Å². The number of allylic oxidation sites excluding steroid dienone is 4. The average molecular weight is 278 g/mol. The molecule has 2 aromatic rings. The molecule has 3 rings (SSSR count). The van der Waals surface area contributed by atoms with Crippen molar-refractivity contribution in [3.05, 3.63) is 82.9 Å². The van der Waals surface area contributed by atoms with Crippen molar-refractivity contribution in [1.29, 1.82) is 0 Å². The lowest BCUT2D eigenvalue weighted by Gasteiger charge is -2.20. The highest BCUT2D eigenvalue weighted by molar-refractivity contribution is 5.80. The van der Waals surface area contributed by atoms with Crippen LogP contribution in [-0.4, -0.2) is 6.17 Å². The summed E-state index contributed by atoms with van der Waals surface area (Å²) < 4.78 is 14.5. The van der Waals surface area contributed by atoms with Crippen LogP contribution < -0.4 is 0 Å². The molecule has 106 valence electrons. The largest absolute Gasteiger partial charge is 0.242 e. The highest BCUT2D eigenvalue weighted by atomic mass is 19.1. The SMILES string of the molecule is Cc1ccc(C2=CC=C(c3ccc(C)cc3)C(F)C2)cc1. The number of hydrogen-bond donors (Lipinski definition) is 0. The maximum absolute atomic E-state index is 14.5. The third kappa shape index (κ3) is 2.97. The van der Waals surface area contributed by atoms with Gasteiger partial charge >= 0.3 is 0 Å². The summed E-state index contributed by atoms with van der Waals surface area (Å²) in [4.78, 5) is 0. The van der Waals surface area contributed by atoms with Crippen LogP contribution in [-0.2, 0) is 0 Å². The van der Waals surface area contributed by atoms with Gasteiger partial charge in [-0.25, -0.2) is 4.39 Å². The van der Waals surface area contributed by atoms with Crippen molar-refractivity contribution in [2.24, 2.45) is 0 Å². The van der Waals surface area contributed by atoms with Crippen molar-refractivity contribution in [3.8, 4) is 0 Å². The lowest BCUT2D eigenvalue weighted by atomic mass is 9.88. The Morgan fingerprint density at radius 1 is 0.762 bits per heavy atom. The molecule has 0 N–H and O–H groups in total. The summed E-state index contributed by atoms with van der Waals surface area (Å²) in [6.07, 6.45) is 3.49. The van der Waals surface area contributed by atoms with Crippen molar-refractivity contribution in [2.75, 3.05) is 0 Å². The molecule has 0 spiro atoms. The maximum atomic E-state index is 14.5. The molecule has 0 fully saturated rings. The molecule has 0 amide bonds. The highest BCUT2D eigenvalue weighted by Gasteiger charge is 2.20. The summed E-state index contributed by atoms with van der Waals surface area (Å²) in [5.74, 6) is 0. The number of hydrogen-bond acceptors (Lipinski definition) is 0. The Hall–Kier alpha value is -2.15. The van der Waals surface area contributed by atoms with Gasteiger partial charge in [-0.2, -0.15) is 0 Å². The van der Waals surface area contributed by atoms with Crippen molar-refractivity contribution < 1.29 is 4.39 Å². The Labute approximate surface area is 125 Å². The molecule has 21 heavy (non-hydrogen) atoms. The molecule has 0 saturated carbocycles. The Bertz CT molecular complexity index is 688. The van der Waals surface area contributed by atoms with E-state index in [0.29, 0.717) is 6.42 Å². The summed E-state index contributed by atoms with van der Waals surface area (Å²) in [5, 5.41) is 0. The molecule has 1 atom stereocenters. The van der Waals surface area contributed by atoms with Gasteiger partial charge < -0.3 is 0 Å². The molecule has 0 nitrogen and oxygen atoms in total. The molecule has 1 aliphatic rings. The molecule has 0 bridgehead atoms. The monoisotopic (exact) mass is 278 g/mol. The maximum Gasteiger partial charge on any atom is 0.130 e. The van der Waals surface area contributed by atoms with Crippen LogP contribution in [0.25, 0.3) is 11.1 Å². The van der Waals surface area contributed by atoms with Gasteiger partial charge in [-0.1, -0.05) is 71.8 Å². The first-order chi connectivity index (χ1) is 10.1. The number of benzene rings is 2. The van der Waals surface area contributed by atoms with Gasteiger partial charge in [0.2, 0.25) is 0 Å². The summed E-state index contributed by atoms with van der Waals surface area (Å²) in [6, 6.07) is 16.3. The van der Waals surface area contributed by atoms with Crippen molar-refractivity contribution in [2.45, 2.75) is 26.4 Å². The second-order valence-electron chi connectivity index (χ2n) is 5.72. The van der Waals surface area contributed by atoms with E-state index < -0.39 is 6.17 Å². The Kier molecular flexibility index (Phi) is 3.74. The Morgan fingerprint density at radius 3 is 1.81 bits per heavy atom. The zero-order valence-corrected chi connectivity index (χ0v) is 12.4. The summed E-state index contributed by atoms with van der Waals surface area (Å²) in [6.45, 7) is 4.10. The minimum absolute atomic E-state index is 0.447. The number of alkyl halides is 1. The third-order valence-electron chi connectivity index (χ3n) is 4.01. The molecular weight excluding hydrogens is 259 g/mol. The van der Waals surface area contributed by atoms with Gasteiger partial charge in [0.15, 0.2) is 0 Å². The fourth-order valence-electron chi connectivity index (χ4n) is 2.67. The first kappa shape index (κ1) is 13.8. The van der Waals surface area contributed by atoms with E-state index in [4.69, 9.17) is 0 Å². The fourth-order valence-corrected chi connectivity index (χ4v) is 2.67. The molecule has 1 heteroatoms. The summed E-state index contributed by atoms with van der Waals surface area (Å²) in [5.41, 5.74) is 6.36. The van der Waals surface area contributed by atoms with Crippen LogP contribution in [0.1, 0.15) is 28.7 Å². The predicted octanol–water partition coefficient (Wildman–Crippen LogP) is 5.51. The minimum atomic E-state index is -0.936. The second kappa shape index (κ2) is 5.69. The average Bonchev–Trinajstić information content (AvgIpc) is 2.49. The molecule has 1 unspecified atom stereocenters. The van der Waals surface area contributed by atoms with Crippen LogP contribution in [0.3, 0.4) is 0 Å². The first-order valence-electron chi connectivity index (χ1n) is 7.32. The fraction of sp³-hybridized carbons (Fsp3) is 0.200. The summed E-state index contributed by atoms with van der Waals surface area (Å²) >= 11 is 0. The second-order valence-corrected chi connectivity index (χ2v) is 5.72. The van der Waals surface area contributed by atoms with Crippen molar-refractivity contribution >= 4 is 11.1 Å². The van der Waals surface area contributed by atoms with Gasteiger partial charge in [-0.15, -0.1) is 0 Å². The van der Waals surface area contributed by atoms with E-state index in [-0.39, 0.29) is 0 Å². The van der Waals surface area contributed by atoms with Gasteiger partial charge in [0.1, 0.15) is 6.17 Å². The van der Waals surface area contributed by atoms with Gasteiger partial charge in [0.05, 0.1) is 0 Å². The molecule has 1 aliphatic carbocycles. The van der Waals surface area contributed by atoms with Crippen LogP contribution in [0.5, 0.6) is 0 Å². The van der Waals surface area contributed by atoms with E-state index in [0.717, 1.165) is 22.3 Å². The molecule has 0 saturated heterocycles. The normalized spacial score (nSPS) is 18.1. The quantitative estimate of drug-likeness (QED) is 0.679. The molecular formula is C20H19F. The lowest BCUT2D eigenvalue weighted by molar-refractivity contribution is 0.418. The Morgan fingerprint density at radius 2 is 1.29 bits per heavy atom. The van der Waals surface area contributed by atoms with Crippen LogP contribution in [0.2, 0.25) is 0 Å². The van der Waals surface area contributed by atoms with Gasteiger partial charge in [0, 0.05) is 6.42 Å². The topological polar surface area (TPSA) is 0 Å². The first-order valence-corrected chi connectivity index (χ1v) is 7.32. The zero-order chi connectivity index (χ0) is 14.8. The van der Waals surface area contributed by atoms with Gasteiger partial charge in [0.25, 0.3) is 0 Å². The van der Waals surface area contributed by atoms with Crippen molar-refractivity contribution in [3.63, 3.8) is 0 Å². The van der Waals surface area contributed by atoms with Crippen LogP contribution in [0.4, 0.5) is 4.39 Å². The number of halogens is 1. The van der Waals surface area contributed by atoms with Crippen LogP contribution in [0.15, 0.2) is 60.7 Å². The van der Waals surface area contributed by atoms with E-state index in [2.05, 4.69) is 37.3 Å². The molecule has 0 radical (unpaired) electrons. The van der Waals surface area contributed by atoms with E-state index in [1.807, 2.05) is 37.3 Å². The van der Waals surface area contributed by atoms with Gasteiger partial charge in [-0.3, -0.25) is 0 Å². The highest BCUT2D eigenvalue weighted by Crippen LogP contribution is 2.34. The third-order valence-corrected chi connectivity index (χ3v) is 4.01. The minimum Gasteiger partial charge on any atom is -0.242 e.